The molecule has 0 amide bonds. The monoisotopic (exact) mass is 235 g/mol. The highest BCUT2D eigenvalue weighted by atomic mass is 32.2. The van der Waals surface area contributed by atoms with Crippen LogP contribution < -0.4 is 0 Å². The molecule has 2 bridgehead atoms. The van der Waals surface area contributed by atoms with Gasteiger partial charge in [-0.15, -0.1) is 11.8 Å². The molecule has 0 aromatic carbocycles. The lowest BCUT2D eigenvalue weighted by molar-refractivity contribution is 0.188. The first kappa shape index (κ1) is 12.0. The summed E-state index contributed by atoms with van der Waals surface area (Å²) in [4.78, 5) is 3.75. The Bertz CT molecular complexity index is 367. The normalized spacial score (nSPS) is 29.7. The summed E-state index contributed by atoms with van der Waals surface area (Å²) in [5, 5.41) is 0. The van der Waals surface area contributed by atoms with Crippen LogP contribution in [0.2, 0.25) is 0 Å². The van der Waals surface area contributed by atoms with E-state index >= 15 is 0 Å². The molecule has 0 aromatic heterocycles. The van der Waals surface area contributed by atoms with E-state index in [1.165, 1.54) is 40.9 Å². The maximum atomic E-state index is 4.22. The van der Waals surface area contributed by atoms with Gasteiger partial charge in [0.2, 0.25) is 0 Å². The van der Waals surface area contributed by atoms with Crippen molar-refractivity contribution in [3.8, 4) is 0 Å². The molecule has 1 saturated heterocycles. The van der Waals surface area contributed by atoms with Crippen molar-refractivity contribution in [2.45, 2.75) is 38.3 Å². The number of piperidine rings is 1. The summed E-state index contributed by atoms with van der Waals surface area (Å²) in [6, 6.07) is 1.18. The fourth-order valence-electron chi connectivity index (χ4n) is 3.14. The minimum Gasteiger partial charge on any atom is -0.292 e. The number of nitrogens with zero attached hydrogens (tertiary/aromatic N) is 1. The first-order valence-electron chi connectivity index (χ1n) is 5.93. The van der Waals surface area contributed by atoms with Crippen LogP contribution in [-0.2, 0) is 0 Å². The SMILES string of the molecule is C=C(C)C1=C(C(=C)SC)C2CCCC1N2C. The smallest absolute Gasteiger partial charge is 0.0365 e. The lowest BCUT2D eigenvalue weighted by atomic mass is 9.96. The average molecular weight is 235 g/mol. The highest BCUT2D eigenvalue weighted by molar-refractivity contribution is 8.02. The Morgan fingerprint density at radius 1 is 1.25 bits per heavy atom. The quantitative estimate of drug-likeness (QED) is 0.735. The lowest BCUT2D eigenvalue weighted by Crippen LogP contribution is -2.39. The predicted octanol–water partition coefficient (Wildman–Crippen LogP) is 3.60. The van der Waals surface area contributed by atoms with Crippen LogP contribution in [0, 0.1) is 0 Å². The van der Waals surface area contributed by atoms with E-state index in [1.54, 1.807) is 11.8 Å². The van der Waals surface area contributed by atoms with E-state index < -0.39 is 0 Å². The standard InChI is InChI=1S/C14H21NS/c1-9(2)13-11-7-6-8-12(15(11)4)14(13)10(3)16-5/h11-12H,1,3,6-8H2,2,4-5H3. The van der Waals surface area contributed by atoms with Crippen molar-refractivity contribution in [3.63, 3.8) is 0 Å². The van der Waals surface area contributed by atoms with E-state index in [4.69, 9.17) is 0 Å². The number of hydrogen-bond donors (Lipinski definition) is 0. The zero-order chi connectivity index (χ0) is 11.9. The van der Waals surface area contributed by atoms with Crippen LogP contribution in [0.15, 0.2) is 34.8 Å². The zero-order valence-electron chi connectivity index (χ0n) is 10.5. The summed E-state index contributed by atoms with van der Waals surface area (Å²) in [5.74, 6) is 0. The second-order valence-electron chi connectivity index (χ2n) is 4.86. The van der Waals surface area contributed by atoms with Gasteiger partial charge in [0.15, 0.2) is 0 Å². The van der Waals surface area contributed by atoms with Gasteiger partial charge in [-0.25, -0.2) is 0 Å². The molecule has 1 nitrogen and oxygen atoms in total. The average Bonchev–Trinajstić information content (AvgIpc) is 2.45. The van der Waals surface area contributed by atoms with Crippen LogP contribution in [0.5, 0.6) is 0 Å². The minimum atomic E-state index is 0.588. The van der Waals surface area contributed by atoms with E-state index in [9.17, 15) is 0 Å². The second-order valence-corrected chi connectivity index (χ2v) is 5.76. The fourth-order valence-corrected chi connectivity index (χ4v) is 3.61. The Morgan fingerprint density at radius 3 is 2.31 bits per heavy atom. The van der Waals surface area contributed by atoms with E-state index in [1.807, 2.05) is 0 Å². The lowest BCUT2D eigenvalue weighted by Gasteiger charge is -2.33. The van der Waals surface area contributed by atoms with Gasteiger partial charge in [-0.3, -0.25) is 4.90 Å². The number of thioether (sulfide) groups is 1. The van der Waals surface area contributed by atoms with E-state index in [0.29, 0.717) is 12.1 Å². The number of hydrogen-bond acceptors (Lipinski definition) is 2. The molecule has 2 aliphatic heterocycles. The van der Waals surface area contributed by atoms with E-state index in [-0.39, 0.29) is 0 Å². The molecular formula is C14H21NS. The van der Waals surface area contributed by atoms with Gasteiger partial charge in [0, 0.05) is 17.0 Å². The molecule has 0 saturated carbocycles. The summed E-state index contributed by atoms with van der Waals surface area (Å²) in [5.41, 5.74) is 4.18. The molecule has 2 heteroatoms. The van der Waals surface area contributed by atoms with Crippen molar-refractivity contribution >= 4 is 11.8 Å². The maximum absolute atomic E-state index is 4.22. The zero-order valence-corrected chi connectivity index (χ0v) is 11.4. The summed E-state index contributed by atoms with van der Waals surface area (Å²) in [6.45, 7) is 10.5. The Morgan fingerprint density at radius 2 is 1.81 bits per heavy atom. The Balaban J connectivity index is 2.48. The largest absolute Gasteiger partial charge is 0.292 e. The first-order valence-corrected chi connectivity index (χ1v) is 7.15. The van der Waals surface area contributed by atoms with E-state index in [2.05, 4.69) is 38.3 Å². The second kappa shape index (κ2) is 4.42. The molecule has 2 heterocycles. The molecule has 0 aliphatic carbocycles. The Kier molecular flexibility index (Phi) is 3.32. The van der Waals surface area contributed by atoms with Crippen LogP contribution in [-0.4, -0.2) is 30.3 Å². The Hall–Kier alpha value is -0.470. The summed E-state index contributed by atoms with van der Waals surface area (Å²) < 4.78 is 0. The molecule has 2 aliphatic rings. The fraction of sp³-hybridized carbons (Fsp3) is 0.571. The van der Waals surface area contributed by atoms with Crippen molar-refractivity contribution in [3.05, 3.63) is 34.8 Å². The summed E-state index contributed by atoms with van der Waals surface area (Å²) in [7, 11) is 2.25. The molecule has 1 fully saturated rings. The van der Waals surface area contributed by atoms with Gasteiger partial charge in [-0.05, 0) is 50.6 Å². The van der Waals surface area contributed by atoms with Crippen LogP contribution >= 0.6 is 11.8 Å². The van der Waals surface area contributed by atoms with Gasteiger partial charge in [-0.2, -0.15) is 0 Å². The van der Waals surface area contributed by atoms with Crippen LogP contribution in [0.1, 0.15) is 26.2 Å². The van der Waals surface area contributed by atoms with Gasteiger partial charge >= 0.3 is 0 Å². The van der Waals surface area contributed by atoms with Gasteiger partial charge in [0.25, 0.3) is 0 Å². The van der Waals surface area contributed by atoms with Crippen molar-refractivity contribution in [2.24, 2.45) is 0 Å². The number of rotatable bonds is 3. The van der Waals surface area contributed by atoms with Gasteiger partial charge < -0.3 is 0 Å². The van der Waals surface area contributed by atoms with Crippen molar-refractivity contribution < 1.29 is 0 Å². The van der Waals surface area contributed by atoms with Crippen molar-refractivity contribution in [1.29, 1.82) is 0 Å². The molecule has 0 radical (unpaired) electrons. The highest BCUT2D eigenvalue weighted by Gasteiger charge is 2.41. The first-order chi connectivity index (χ1) is 7.57. The van der Waals surface area contributed by atoms with Crippen LogP contribution in [0.3, 0.4) is 0 Å². The molecular weight excluding hydrogens is 214 g/mol. The highest BCUT2D eigenvalue weighted by Crippen LogP contribution is 2.45. The molecule has 0 aromatic rings. The molecule has 2 rings (SSSR count). The van der Waals surface area contributed by atoms with Gasteiger partial charge in [-0.1, -0.05) is 18.7 Å². The third kappa shape index (κ3) is 1.68. The maximum Gasteiger partial charge on any atom is 0.0365 e. The molecule has 0 N–H and O–H groups in total. The van der Waals surface area contributed by atoms with Crippen LogP contribution in [0.25, 0.3) is 0 Å². The van der Waals surface area contributed by atoms with Gasteiger partial charge in [0.1, 0.15) is 0 Å². The van der Waals surface area contributed by atoms with Crippen molar-refractivity contribution in [1.82, 2.24) is 4.90 Å². The van der Waals surface area contributed by atoms with E-state index in [0.717, 1.165) is 0 Å². The number of fused-ring (bicyclic) bond motifs is 2. The minimum absolute atomic E-state index is 0.588. The Labute approximate surface area is 103 Å². The third-order valence-corrected chi connectivity index (χ3v) is 4.61. The molecule has 0 spiro atoms. The number of likely N-dealkylation sites (N-methyl/N-ethyl adjacent to an activating group) is 1. The third-order valence-electron chi connectivity index (χ3n) is 3.90. The van der Waals surface area contributed by atoms with Crippen molar-refractivity contribution in [2.75, 3.05) is 13.3 Å². The summed E-state index contributed by atoms with van der Waals surface area (Å²) >= 11 is 1.77. The van der Waals surface area contributed by atoms with Gasteiger partial charge in [0.05, 0.1) is 0 Å². The molecule has 88 valence electrons. The molecule has 2 unspecified atom stereocenters. The molecule has 16 heavy (non-hydrogen) atoms. The molecule has 2 atom stereocenters. The summed E-state index contributed by atoms with van der Waals surface area (Å²) in [6.07, 6.45) is 6.01. The topological polar surface area (TPSA) is 3.24 Å². The predicted molar refractivity (Wildman–Crippen MR) is 73.7 cm³/mol. The van der Waals surface area contributed by atoms with Crippen LogP contribution in [0.4, 0.5) is 0 Å².